The Labute approximate surface area is 197 Å². The number of nitrogens with zero attached hydrogens (tertiary/aromatic N) is 2. The molecular weight excluding hydrogens is 434 g/mol. The zero-order chi connectivity index (χ0) is 25.0. The van der Waals surface area contributed by atoms with Crippen LogP contribution in [0.15, 0.2) is 53.3 Å². The molecular formula is C25H29N5O4. The quantitative estimate of drug-likeness (QED) is 0.485. The third kappa shape index (κ3) is 5.31. The summed E-state index contributed by atoms with van der Waals surface area (Å²) in [6.07, 6.45) is 0. The number of rotatable bonds is 6. The first-order valence-corrected chi connectivity index (χ1v) is 11.1. The normalized spacial score (nSPS) is 12.0. The molecule has 9 nitrogen and oxygen atoms in total. The summed E-state index contributed by atoms with van der Waals surface area (Å²) in [6, 6.07) is 12.5. The summed E-state index contributed by atoms with van der Waals surface area (Å²) < 4.78 is 1.23. The first-order valence-electron chi connectivity index (χ1n) is 11.1. The van der Waals surface area contributed by atoms with E-state index in [1.165, 1.54) is 4.68 Å². The fourth-order valence-corrected chi connectivity index (χ4v) is 3.44. The van der Waals surface area contributed by atoms with E-state index < -0.39 is 23.8 Å². The Kier molecular flexibility index (Phi) is 7.45. The van der Waals surface area contributed by atoms with E-state index in [9.17, 15) is 19.2 Å². The lowest BCUT2D eigenvalue weighted by molar-refractivity contribution is -0.124. The van der Waals surface area contributed by atoms with Gasteiger partial charge in [-0.1, -0.05) is 49.7 Å². The van der Waals surface area contributed by atoms with Crippen LogP contribution in [0.25, 0.3) is 10.8 Å². The molecule has 0 aliphatic heterocycles. The largest absolute Gasteiger partial charge is 0.340 e. The van der Waals surface area contributed by atoms with Crippen molar-refractivity contribution in [2.45, 2.75) is 46.7 Å². The smallest absolute Gasteiger partial charge is 0.290 e. The lowest BCUT2D eigenvalue weighted by Gasteiger charge is -2.22. The van der Waals surface area contributed by atoms with Crippen molar-refractivity contribution in [3.63, 3.8) is 0 Å². The lowest BCUT2D eigenvalue weighted by atomic mass is 10.0. The van der Waals surface area contributed by atoms with Gasteiger partial charge in [0.15, 0.2) is 5.69 Å². The maximum atomic E-state index is 12.9. The van der Waals surface area contributed by atoms with Gasteiger partial charge < -0.3 is 5.32 Å². The van der Waals surface area contributed by atoms with Crippen LogP contribution >= 0.6 is 0 Å². The van der Waals surface area contributed by atoms with Gasteiger partial charge in [-0.25, -0.2) is 4.68 Å². The number of nitrogens with one attached hydrogen (secondary N) is 3. The summed E-state index contributed by atoms with van der Waals surface area (Å²) in [5.74, 6) is -1.89. The molecule has 2 aromatic carbocycles. The number of hydrogen-bond acceptors (Lipinski definition) is 5. The van der Waals surface area contributed by atoms with Crippen molar-refractivity contribution in [1.82, 2.24) is 25.9 Å². The zero-order valence-corrected chi connectivity index (χ0v) is 19.9. The number of benzene rings is 2. The number of fused-ring (bicyclic) bond motifs is 1. The minimum atomic E-state index is -0.886. The van der Waals surface area contributed by atoms with Crippen molar-refractivity contribution < 1.29 is 14.4 Å². The highest BCUT2D eigenvalue weighted by molar-refractivity contribution is 6.05. The van der Waals surface area contributed by atoms with Gasteiger partial charge in [0.05, 0.1) is 11.4 Å². The third-order valence-corrected chi connectivity index (χ3v) is 5.38. The molecule has 0 saturated heterocycles. The minimum Gasteiger partial charge on any atom is -0.340 e. The Bertz CT molecular complexity index is 1280. The van der Waals surface area contributed by atoms with Crippen LogP contribution in [-0.2, 0) is 4.79 Å². The van der Waals surface area contributed by atoms with Crippen LogP contribution in [0.1, 0.15) is 60.1 Å². The number of hydrazine groups is 1. The second-order valence-corrected chi connectivity index (χ2v) is 8.74. The van der Waals surface area contributed by atoms with Crippen molar-refractivity contribution in [2.24, 2.45) is 5.92 Å². The van der Waals surface area contributed by atoms with Gasteiger partial charge in [-0.2, -0.15) is 5.10 Å². The number of hydrogen-bond donors (Lipinski definition) is 3. The topological polar surface area (TPSA) is 122 Å². The number of carbonyl (C=O) groups excluding carboxylic acids is 3. The summed E-state index contributed by atoms with van der Waals surface area (Å²) in [6.45, 7) is 9.07. The fraction of sp³-hybridized carbons (Fsp3) is 0.320. The van der Waals surface area contributed by atoms with E-state index in [0.717, 1.165) is 5.56 Å². The second kappa shape index (κ2) is 10.3. The Morgan fingerprint density at radius 2 is 1.47 bits per heavy atom. The van der Waals surface area contributed by atoms with E-state index in [-0.39, 0.29) is 23.2 Å². The lowest BCUT2D eigenvalue weighted by Crippen LogP contribution is -2.54. The number of aryl methyl sites for hydroxylation is 1. The van der Waals surface area contributed by atoms with Crippen molar-refractivity contribution >= 4 is 28.5 Å². The van der Waals surface area contributed by atoms with Crippen LogP contribution in [0.4, 0.5) is 0 Å². The van der Waals surface area contributed by atoms with Crippen molar-refractivity contribution in [2.75, 3.05) is 0 Å². The van der Waals surface area contributed by atoms with Crippen LogP contribution in [0, 0.1) is 12.8 Å². The van der Waals surface area contributed by atoms with Crippen molar-refractivity contribution in [3.8, 4) is 0 Å². The van der Waals surface area contributed by atoms with E-state index >= 15 is 0 Å². The van der Waals surface area contributed by atoms with E-state index in [1.54, 1.807) is 64.1 Å². The molecule has 3 rings (SSSR count). The van der Waals surface area contributed by atoms with Crippen LogP contribution in [0.5, 0.6) is 0 Å². The first kappa shape index (κ1) is 24.6. The summed E-state index contributed by atoms with van der Waals surface area (Å²) in [4.78, 5) is 51.0. The van der Waals surface area contributed by atoms with E-state index in [0.29, 0.717) is 16.3 Å². The van der Waals surface area contributed by atoms with Gasteiger partial charge in [0, 0.05) is 10.9 Å². The van der Waals surface area contributed by atoms with Crippen molar-refractivity contribution in [3.05, 3.63) is 75.7 Å². The maximum Gasteiger partial charge on any atom is 0.290 e. The molecule has 34 heavy (non-hydrogen) atoms. The van der Waals surface area contributed by atoms with E-state index in [1.807, 2.05) is 19.1 Å². The molecule has 0 fully saturated rings. The summed E-state index contributed by atoms with van der Waals surface area (Å²) >= 11 is 0. The van der Waals surface area contributed by atoms with Gasteiger partial charge in [0.1, 0.15) is 6.04 Å². The molecule has 3 N–H and O–H groups in total. The Hall–Kier alpha value is -4.01. The van der Waals surface area contributed by atoms with Gasteiger partial charge >= 0.3 is 0 Å². The van der Waals surface area contributed by atoms with Gasteiger partial charge in [-0.3, -0.25) is 30.0 Å². The number of amides is 3. The highest BCUT2D eigenvalue weighted by atomic mass is 16.2. The SMILES string of the molecule is Cc1ccc(C(=O)N[C@H](C(=O)NNC(=O)c2nn(C(C)C)c(=O)c3ccccc23)C(C)C)cc1. The molecule has 0 aliphatic carbocycles. The maximum absolute atomic E-state index is 12.9. The minimum absolute atomic E-state index is 0.00832. The Morgan fingerprint density at radius 1 is 0.853 bits per heavy atom. The standard InChI is InChI=1S/C25H29N5O4/c1-14(2)20(26-22(31)17-12-10-16(5)11-13-17)23(32)27-28-24(33)21-18-8-6-7-9-19(18)25(34)30(29-21)15(3)4/h6-15,20H,1-5H3,(H,26,31)(H,27,32)(H,28,33)/t20-/m0/s1. The molecule has 1 atom stereocenters. The number of aromatic nitrogens is 2. The molecule has 0 radical (unpaired) electrons. The highest BCUT2D eigenvalue weighted by Crippen LogP contribution is 2.14. The van der Waals surface area contributed by atoms with Gasteiger partial charge in [0.25, 0.3) is 23.3 Å². The fourth-order valence-electron chi connectivity index (χ4n) is 3.44. The second-order valence-electron chi connectivity index (χ2n) is 8.74. The first-order chi connectivity index (χ1) is 16.1. The molecule has 0 saturated carbocycles. The van der Waals surface area contributed by atoms with Crippen LogP contribution in [0.3, 0.4) is 0 Å². The van der Waals surface area contributed by atoms with Crippen LogP contribution < -0.4 is 21.7 Å². The predicted octanol–water partition coefficient (Wildman–Crippen LogP) is 2.50. The molecule has 0 spiro atoms. The average Bonchev–Trinajstić information content (AvgIpc) is 2.81. The third-order valence-electron chi connectivity index (χ3n) is 5.38. The molecule has 0 bridgehead atoms. The molecule has 0 unspecified atom stereocenters. The molecule has 178 valence electrons. The van der Waals surface area contributed by atoms with Crippen molar-refractivity contribution in [1.29, 1.82) is 0 Å². The number of carbonyl (C=O) groups is 3. The van der Waals surface area contributed by atoms with Crippen LogP contribution in [-0.4, -0.2) is 33.5 Å². The molecule has 1 heterocycles. The van der Waals surface area contributed by atoms with Gasteiger partial charge in [0.2, 0.25) is 0 Å². The van der Waals surface area contributed by atoms with E-state index in [2.05, 4.69) is 21.3 Å². The van der Waals surface area contributed by atoms with Crippen LogP contribution in [0.2, 0.25) is 0 Å². The molecule has 0 aliphatic rings. The Balaban J connectivity index is 1.78. The monoisotopic (exact) mass is 463 g/mol. The zero-order valence-electron chi connectivity index (χ0n) is 19.9. The molecule has 3 aromatic rings. The van der Waals surface area contributed by atoms with E-state index in [4.69, 9.17) is 0 Å². The summed E-state index contributed by atoms with van der Waals surface area (Å²) in [5, 5.41) is 7.67. The summed E-state index contributed by atoms with van der Waals surface area (Å²) in [7, 11) is 0. The molecule has 3 amide bonds. The molecule has 9 heteroatoms. The van der Waals surface area contributed by atoms with Gasteiger partial charge in [-0.15, -0.1) is 0 Å². The Morgan fingerprint density at radius 3 is 2.06 bits per heavy atom. The van der Waals surface area contributed by atoms with Gasteiger partial charge in [-0.05, 0) is 44.9 Å². The average molecular weight is 464 g/mol. The predicted molar refractivity (Wildman–Crippen MR) is 129 cm³/mol. The summed E-state index contributed by atoms with van der Waals surface area (Å²) in [5.41, 5.74) is 5.89. The highest BCUT2D eigenvalue weighted by Gasteiger charge is 2.26. The molecule has 1 aromatic heterocycles.